The van der Waals surface area contributed by atoms with Crippen LogP contribution in [0.5, 0.6) is 0 Å². The first kappa shape index (κ1) is 14.6. The summed E-state index contributed by atoms with van der Waals surface area (Å²) >= 11 is 6.33. The van der Waals surface area contributed by atoms with E-state index in [1.807, 2.05) is 12.1 Å². The lowest BCUT2D eigenvalue weighted by molar-refractivity contribution is 0.0970. The van der Waals surface area contributed by atoms with E-state index in [9.17, 15) is 5.11 Å². The highest BCUT2D eigenvalue weighted by Crippen LogP contribution is 2.30. The van der Waals surface area contributed by atoms with E-state index in [4.69, 9.17) is 11.6 Å². The molecule has 1 aromatic rings. The first-order valence-corrected chi connectivity index (χ1v) is 7.42. The molecular weight excluding hydrogens is 260 g/mol. The summed E-state index contributed by atoms with van der Waals surface area (Å²) in [7, 11) is 0. The molecule has 1 aliphatic heterocycles. The first-order valence-electron chi connectivity index (χ1n) is 7.04. The molecule has 2 unspecified atom stereocenters. The van der Waals surface area contributed by atoms with Crippen molar-refractivity contribution in [1.29, 1.82) is 0 Å². The van der Waals surface area contributed by atoms with Gasteiger partial charge in [0, 0.05) is 35.9 Å². The minimum atomic E-state index is -0.173. The fraction of sp³-hybridized carbons (Fsp3) is 0.600. The number of hydrogen-bond donors (Lipinski definition) is 2. The van der Waals surface area contributed by atoms with E-state index in [0.29, 0.717) is 5.92 Å². The second-order valence-electron chi connectivity index (χ2n) is 5.30. The molecule has 2 rings (SSSR count). The van der Waals surface area contributed by atoms with Gasteiger partial charge >= 0.3 is 0 Å². The number of benzene rings is 1. The molecule has 0 aliphatic carbocycles. The fourth-order valence-corrected chi connectivity index (χ4v) is 2.86. The molecule has 2 atom stereocenters. The molecule has 1 aromatic carbocycles. The molecule has 1 saturated heterocycles. The van der Waals surface area contributed by atoms with Crippen LogP contribution in [0.15, 0.2) is 18.2 Å². The maximum Gasteiger partial charge on any atom is 0.0599 e. The molecule has 1 fully saturated rings. The topological polar surface area (TPSA) is 35.5 Å². The summed E-state index contributed by atoms with van der Waals surface area (Å²) in [6, 6.07) is 6.08. The van der Waals surface area contributed by atoms with Crippen LogP contribution < -0.4 is 10.2 Å². The number of rotatable bonds is 4. The monoisotopic (exact) mass is 282 g/mol. The normalized spacial score (nSPS) is 23.7. The zero-order valence-electron chi connectivity index (χ0n) is 11.7. The third-order valence-electron chi connectivity index (χ3n) is 3.85. The van der Waals surface area contributed by atoms with Gasteiger partial charge in [-0.3, -0.25) is 0 Å². The number of piperidine rings is 1. The molecule has 106 valence electrons. The quantitative estimate of drug-likeness (QED) is 0.891. The van der Waals surface area contributed by atoms with Crippen LogP contribution in [0.1, 0.15) is 25.8 Å². The summed E-state index contributed by atoms with van der Waals surface area (Å²) < 4.78 is 0. The Bertz CT molecular complexity index is 425. The van der Waals surface area contributed by atoms with Crippen LogP contribution in [0, 0.1) is 5.92 Å². The van der Waals surface area contributed by atoms with Crippen molar-refractivity contribution >= 4 is 17.3 Å². The van der Waals surface area contributed by atoms with Gasteiger partial charge in [-0.1, -0.05) is 31.5 Å². The van der Waals surface area contributed by atoms with Crippen molar-refractivity contribution in [3.05, 3.63) is 28.8 Å². The summed E-state index contributed by atoms with van der Waals surface area (Å²) in [4.78, 5) is 2.34. The Morgan fingerprint density at radius 2 is 2.26 bits per heavy atom. The number of halogens is 1. The molecule has 3 nitrogen and oxygen atoms in total. The van der Waals surface area contributed by atoms with E-state index < -0.39 is 0 Å². The Kier molecular flexibility index (Phi) is 5.08. The van der Waals surface area contributed by atoms with E-state index in [1.54, 1.807) is 0 Å². The molecular formula is C15H23ClN2O. The number of aliphatic hydroxyl groups is 1. The van der Waals surface area contributed by atoms with Crippen molar-refractivity contribution in [1.82, 2.24) is 5.32 Å². The Hall–Kier alpha value is -0.770. The Morgan fingerprint density at radius 3 is 2.95 bits per heavy atom. The summed E-state index contributed by atoms with van der Waals surface area (Å²) in [6.07, 6.45) is 0.654. The van der Waals surface area contributed by atoms with Crippen molar-refractivity contribution in [2.75, 3.05) is 24.5 Å². The number of hydrogen-bond acceptors (Lipinski definition) is 3. The highest BCUT2D eigenvalue weighted by Gasteiger charge is 2.25. The smallest absolute Gasteiger partial charge is 0.0599 e. The predicted octanol–water partition coefficient (Wildman–Crippen LogP) is 2.66. The van der Waals surface area contributed by atoms with Gasteiger partial charge in [0.1, 0.15) is 0 Å². The summed E-state index contributed by atoms with van der Waals surface area (Å²) in [5.74, 6) is 0.305. The summed E-state index contributed by atoms with van der Waals surface area (Å²) in [5.41, 5.74) is 2.36. The van der Waals surface area contributed by atoms with E-state index >= 15 is 0 Å². The van der Waals surface area contributed by atoms with Gasteiger partial charge in [-0.25, -0.2) is 0 Å². The molecule has 1 aliphatic rings. The lowest BCUT2D eigenvalue weighted by Crippen LogP contribution is -2.42. The van der Waals surface area contributed by atoms with Crippen molar-refractivity contribution in [2.45, 2.75) is 32.9 Å². The molecule has 2 N–H and O–H groups in total. The first-order chi connectivity index (χ1) is 9.13. The molecule has 0 bridgehead atoms. The maximum atomic E-state index is 9.84. The zero-order valence-corrected chi connectivity index (χ0v) is 12.5. The van der Waals surface area contributed by atoms with Gasteiger partial charge in [-0.05, 0) is 31.0 Å². The van der Waals surface area contributed by atoms with Gasteiger partial charge in [-0.2, -0.15) is 0 Å². The molecule has 19 heavy (non-hydrogen) atoms. The fourth-order valence-electron chi connectivity index (χ4n) is 2.62. The average molecular weight is 283 g/mol. The third kappa shape index (κ3) is 3.41. The van der Waals surface area contributed by atoms with Crippen molar-refractivity contribution in [3.8, 4) is 0 Å². The van der Waals surface area contributed by atoms with Gasteiger partial charge in [0.05, 0.1) is 6.10 Å². The van der Waals surface area contributed by atoms with Crippen LogP contribution in [0.3, 0.4) is 0 Å². The van der Waals surface area contributed by atoms with Gasteiger partial charge in [-0.15, -0.1) is 0 Å². The molecule has 1 heterocycles. The Labute approximate surface area is 120 Å². The number of anilines is 1. The molecule has 0 spiro atoms. The average Bonchev–Trinajstić information content (AvgIpc) is 2.40. The van der Waals surface area contributed by atoms with E-state index in [2.05, 4.69) is 30.1 Å². The van der Waals surface area contributed by atoms with Gasteiger partial charge in [0.25, 0.3) is 0 Å². The van der Waals surface area contributed by atoms with Gasteiger partial charge in [0.15, 0.2) is 0 Å². The molecule has 4 heteroatoms. The van der Waals surface area contributed by atoms with E-state index in [-0.39, 0.29) is 6.10 Å². The van der Waals surface area contributed by atoms with Crippen LogP contribution in [0.2, 0.25) is 5.02 Å². The Balaban J connectivity index is 2.21. The van der Waals surface area contributed by atoms with Crippen molar-refractivity contribution in [2.24, 2.45) is 5.92 Å². The summed E-state index contributed by atoms with van der Waals surface area (Å²) in [6.45, 7) is 7.70. The van der Waals surface area contributed by atoms with Gasteiger partial charge in [0.2, 0.25) is 0 Å². The van der Waals surface area contributed by atoms with Crippen LogP contribution in [0.4, 0.5) is 5.69 Å². The van der Waals surface area contributed by atoms with Crippen molar-refractivity contribution < 1.29 is 5.11 Å². The molecule has 0 aromatic heterocycles. The zero-order chi connectivity index (χ0) is 13.8. The maximum absolute atomic E-state index is 9.84. The van der Waals surface area contributed by atoms with Crippen LogP contribution in [-0.2, 0) is 6.54 Å². The minimum Gasteiger partial charge on any atom is -0.393 e. The number of nitrogens with zero attached hydrogens (tertiary/aromatic N) is 1. The second kappa shape index (κ2) is 6.60. The van der Waals surface area contributed by atoms with E-state index in [0.717, 1.165) is 43.2 Å². The highest BCUT2D eigenvalue weighted by atomic mass is 35.5. The largest absolute Gasteiger partial charge is 0.393 e. The number of aliphatic hydroxyl groups excluding tert-OH is 1. The molecule has 0 saturated carbocycles. The Morgan fingerprint density at radius 1 is 1.47 bits per heavy atom. The minimum absolute atomic E-state index is 0.173. The van der Waals surface area contributed by atoms with E-state index in [1.165, 1.54) is 5.69 Å². The lowest BCUT2D eigenvalue weighted by Gasteiger charge is -2.37. The van der Waals surface area contributed by atoms with Crippen LogP contribution in [-0.4, -0.2) is 30.8 Å². The second-order valence-corrected chi connectivity index (χ2v) is 5.70. The highest BCUT2D eigenvalue weighted by molar-refractivity contribution is 6.31. The molecule has 0 radical (unpaired) electrons. The SMILES string of the molecule is CCNCc1c(Cl)cccc1N1CCC(O)C(C)C1. The lowest BCUT2D eigenvalue weighted by atomic mass is 9.95. The third-order valence-corrected chi connectivity index (χ3v) is 4.20. The standard InChI is InChI=1S/C15H23ClN2O/c1-3-17-9-12-13(16)5-4-6-14(12)18-8-7-15(19)11(2)10-18/h4-6,11,15,17,19H,3,7-10H2,1-2H3. The van der Waals surface area contributed by atoms with Gasteiger partial charge < -0.3 is 15.3 Å². The predicted molar refractivity (Wildman–Crippen MR) is 80.8 cm³/mol. The summed E-state index contributed by atoms with van der Waals surface area (Å²) in [5, 5.41) is 14.0. The van der Waals surface area contributed by atoms with Crippen molar-refractivity contribution in [3.63, 3.8) is 0 Å². The van der Waals surface area contributed by atoms with Crippen LogP contribution in [0.25, 0.3) is 0 Å². The number of nitrogens with one attached hydrogen (secondary N) is 1. The molecule has 0 amide bonds. The van der Waals surface area contributed by atoms with Crippen LogP contribution >= 0.6 is 11.6 Å².